The molecule has 0 atom stereocenters. The Morgan fingerprint density at radius 3 is 2.70 bits per heavy atom. The average molecular weight is 441 g/mol. The van der Waals surface area contributed by atoms with Gasteiger partial charge in [-0.25, -0.2) is 4.98 Å². The Bertz CT molecular complexity index is 1300. The van der Waals surface area contributed by atoms with Gasteiger partial charge in [-0.1, -0.05) is 50.1 Å². The molecule has 0 saturated heterocycles. The van der Waals surface area contributed by atoms with Crippen LogP contribution in [0.25, 0.3) is 32.9 Å². The van der Waals surface area contributed by atoms with Crippen molar-refractivity contribution in [3.63, 3.8) is 0 Å². The second-order valence-electron chi connectivity index (χ2n) is 9.01. The summed E-state index contributed by atoms with van der Waals surface area (Å²) in [6.45, 7) is 4.87. The molecule has 4 aromatic rings. The van der Waals surface area contributed by atoms with Gasteiger partial charge in [-0.3, -0.25) is 0 Å². The zero-order valence-electron chi connectivity index (χ0n) is 19.9. The Kier molecular flexibility index (Phi) is 6.19. The molecule has 2 heterocycles. The van der Waals surface area contributed by atoms with Crippen LogP contribution < -0.4 is 9.47 Å². The third-order valence-electron chi connectivity index (χ3n) is 6.71. The number of methoxy groups -OCH3 is 1. The van der Waals surface area contributed by atoms with Crippen molar-refractivity contribution in [1.82, 2.24) is 9.88 Å². The number of hydrogen-bond donors (Lipinski definition) is 0. The van der Waals surface area contributed by atoms with Crippen LogP contribution in [0.1, 0.15) is 37.3 Å². The smallest absolute Gasteiger partial charge is 0.161 e. The molecule has 0 saturated carbocycles. The van der Waals surface area contributed by atoms with Crippen molar-refractivity contribution in [1.29, 1.82) is 0 Å². The van der Waals surface area contributed by atoms with Crippen molar-refractivity contribution in [2.45, 2.75) is 39.2 Å². The summed E-state index contributed by atoms with van der Waals surface area (Å²) in [5.41, 5.74) is 5.95. The predicted octanol–water partition coefficient (Wildman–Crippen LogP) is 6.62. The number of nitrogens with zero attached hydrogens (tertiary/aromatic N) is 2. The molecule has 0 fully saturated rings. The third kappa shape index (κ3) is 4.16. The normalized spacial score (nSPS) is 13.9. The lowest BCUT2D eigenvalue weighted by Crippen LogP contribution is -2.27. The van der Waals surface area contributed by atoms with Gasteiger partial charge in [0.05, 0.1) is 24.9 Å². The molecule has 1 aliphatic heterocycles. The highest BCUT2D eigenvalue weighted by Gasteiger charge is 2.23. The largest absolute Gasteiger partial charge is 0.493 e. The van der Waals surface area contributed by atoms with Crippen molar-refractivity contribution in [3.8, 4) is 22.8 Å². The lowest BCUT2D eigenvalue weighted by Gasteiger charge is -2.28. The molecule has 0 bridgehead atoms. The molecule has 0 aliphatic carbocycles. The molecule has 170 valence electrons. The minimum atomic E-state index is 0.713. The lowest BCUT2D eigenvalue weighted by molar-refractivity contribution is 0.286. The number of hydrogen-bond acceptors (Lipinski definition) is 4. The Hall–Kier alpha value is -3.11. The van der Waals surface area contributed by atoms with E-state index in [0.717, 1.165) is 54.2 Å². The van der Waals surface area contributed by atoms with Crippen LogP contribution in [0.15, 0.2) is 54.6 Å². The maximum atomic E-state index is 6.02. The second-order valence-corrected chi connectivity index (χ2v) is 9.01. The highest BCUT2D eigenvalue weighted by Crippen LogP contribution is 2.39. The molecule has 4 nitrogen and oxygen atoms in total. The van der Waals surface area contributed by atoms with Crippen LogP contribution in [0.5, 0.6) is 11.5 Å². The van der Waals surface area contributed by atoms with Crippen LogP contribution in [0.4, 0.5) is 0 Å². The van der Waals surface area contributed by atoms with Gasteiger partial charge in [-0.05, 0) is 66.1 Å². The number of benzene rings is 3. The molecule has 0 N–H and O–H groups in total. The first-order valence-electron chi connectivity index (χ1n) is 12.0. The van der Waals surface area contributed by atoms with Crippen LogP contribution in [-0.2, 0) is 13.0 Å². The first-order chi connectivity index (χ1) is 16.2. The molecule has 3 aromatic carbocycles. The van der Waals surface area contributed by atoms with Crippen molar-refractivity contribution >= 4 is 21.7 Å². The number of likely N-dealkylation sites (N-methyl/N-ethyl adjacent to an activating group) is 1. The van der Waals surface area contributed by atoms with Gasteiger partial charge in [0.15, 0.2) is 11.5 Å². The number of aromatic nitrogens is 1. The number of ether oxygens (including phenoxy) is 2. The summed E-state index contributed by atoms with van der Waals surface area (Å²) >= 11 is 0. The van der Waals surface area contributed by atoms with Crippen LogP contribution >= 0.6 is 0 Å². The summed E-state index contributed by atoms with van der Waals surface area (Å²) in [6.07, 6.45) is 4.45. The molecule has 1 aromatic heterocycles. The van der Waals surface area contributed by atoms with Crippen LogP contribution in [0.3, 0.4) is 0 Å². The standard InChI is InChI=1S/C29H32N2O2/c1-4-5-8-17-33-26-14-12-21(18-27(26)32-3)29-24-19-31(2)16-15-23(24)28-22-10-7-6-9-20(22)11-13-25(28)30-29/h6-7,9-14,18H,4-5,8,15-17,19H2,1-3H3. The highest BCUT2D eigenvalue weighted by molar-refractivity contribution is 6.09. The van der Waals surface area contributed by atoms with E-state index < -0.39 is 0 Å². The van der Waals surface area contributed by atoms with Gasteiger partial charge in [0.2, 0.25) is 0 Å². The maximum Gasteiger partial charge on any atom is 0.161 e. The molecule has 1 aliphatic rings. The molecular weight excluding hydrogens is 408 g/mol. The monoisotopic (exact) mass is 440 g/mol. The Morgan fingerprint density at radius 2 is 1.85 bits per heavy atom. The predicted molar refractivity (Wildman–Crippen MR) is 136 cm³/mol. The van der Waals surface area contributed by atoms with Crippen molar-refractivity contribution < 1.29 is 9.47 Å². The second kappa shape index (κ2) is 9.40. The van der Waals surface area contributed by atoms with Gasteiger partial charge in [0.1, 0.15) is 0 Å². The molecule has 4 heteroatoms. The minimum absolute atomic E-state index is 0.713. The van der Waals surface area contributed by atoms with Gasteiger partial charge in [-0.2, -0.15) is 0 Å². The van der Waals surface area contributed by atoms with E-state index in [-0.39, 0.29) is 0 Å². The van der Waals surface area contributed by atoms with Crippen LogP contribution in [0, 0.1) is 0 Å². The van der Waals surface area contributed by atoms with Crippen LogP contribution in [-0.4, -0.2) is 37.2 Å². The summed E-state index contributed by atoms with van der Waals surface area (Å²) in [6, 6.07) is 19.2. The van der Waals surface area contributed by atoms with Gasteiger partial charge in [0, 0.05) is 24.0 Å². The fraction of sp³-hybridized carbons (Fsp3) is 0.345. The average Bonchev–Trinajstić information content (AvgIpc) is 2.85. The molecule has 33 heavy (non-hydrogen) atoms. The fourth-order valence-corrected chi connectivity index (χ4v) is 4.96. The maximum absolute atomic E-state index is 6.02. The van der Waals surface area contributed by atoms with Crippen LogP contribution in [0.2, 0.25) is 0 Å². The van der Waals surface area contributed by atoms with E-state index in [2.05, 4.69) is 67.4 Å². The number of unbranched alkanes of at least 4 members (excludes halogenated alkanes) is 2. The van der Waals surface area contributed by atoms with Gasteiger partial charge in [-0.15, -0.1) is 0 Å². The highest BCUT2D eigenvalue weighted by atomic mass is 16.5. The van der Waals surface area contributed by atoms with E-state index in [9.17, 15) is 0 Å². The fourth-order valence-electron chi connectivity index (χ4n) is 4.96. The molecule has 5 rings (SSSR count). The van der Waals surface area contributed by atoms with E-state index in [1.807, 2.05) is 6.07 Å². The molecule has 0 spiro atoms. The number of pyridine rings is 1. The number of rotatable bonds is 7. The topological polar surface area (TPSA) is 34.6 Å². The summed E-state index contributed by atoms with van der Waals surface area (Å²) < 4.78 is 11.7. The quantitative estimate of drug-likeness (QED) is 0.239. The van der Waals surface area contributed by atoms with E-state index in [1.54, 1.807) is 7.11 Å². The summed E-state index contributed by atoms with van der Waals surface area (Å²) in [4.78, 5) is 7.59. The lowest BCUT2D eigenvalue weighted by atomic mass is 9.89. The van der Waals surface area contributed by atoms with Crippen molar-refractivity contribution in [2.75, 3.05) is 27.3 Å². The zero-order chi connectivity index (χ0) is 22.8. The van der Waals surface area contributed by atoms with Crippen molar-refractivity contribution in [3.05, 3.63) is 65.7 Å². The summed E-state index contributed by atoms with van der Waals surface area (Å²) in [5, 5.41) is 3.87. The molecule has 0 amide bonds. The van der Waals surface area contributed by atoms with Gasteiger partial charge < -0.3 is 14.4 Å². The Balaban J connectivity index is 1.64. The summed E-state index contributed by atoms with van der Waals surface area (Å²) in [5.74, 6) is 1.57. The van der Waals surface area contributed by atoms with E-state index in [0.29, 0.717) is 6.61 Å². The first kappa shape index (κ1) is 21.7. The van der Waals surface area contributed by atoms with E-state index >= 15 is 0 Å². The molecule has 0 unspecified atom stereocenters. The minimum Gasteiger partial charge on any atom is -0.493 e. The Morgan fingerprint density at radius 1 is 0.970 bits per heavy atom. The van der Waals surface area contributed by atoms with Gasteiger partial charge in [0.25, 0.3) is 0 Å². The van der Waals surface area contributed by atoms with Gasteiger partial charge >= 0.3 is 0 Å². The molecule has 0 radical (unpaired) electrons. The van der Waals surface area contributed by atoms with Crippen molar-refractivity contribution in [2.24, 2.45) is 0 Å². The van der Waals surface area contributed by atoms with E-state index in [4.69, 9.17) is 14.5 Å². The summed E-state index contributed by atoms with van der Waals surface area (Å²) in [7, 11) is 3.90. The Labute approximate surface area is 196 Å². The first-order valence-corrected chi connectivity index (χ1v) is 12.0. The zero-order valence-corrected chi connectivity index (χ0v) is 19.9. The number of fused-ring (bicyclic) bond motifs is 5. The van der Waals surface area contributed by atoms with E-state index in [1.165, 1.54) is 40.1 Å². The molecular formula is C29H32N2O2. The third-order valence-corrected chi connectivity index (χ3v) is 6.71. The SMILES string of the molecule is CCCCCOc1ccc(-c2nc3ccc4ccccc4c3c3c2CN(C)CC3)cc1OC.